The van der Waals surface area contributed by atoms with E-state index in [0.717, 1.165) is 42.3 Å². The number of thiophene rings is 1. The number of hydrogen-bond donors (Lipinski definition) is 1. The molecule has 0 fully saturated rings. The summed E-state index contributed by atoms with van der Waals surface area (Å²) in [4.78, 5) is 32.7. The largest absolute Gasteiger partial charge is 0.385 e. The first-order chi connectivity index (χ1) is 14.1. The smallest absolute Gasteiger partial charge is 0.263 e. The molecule has 8 heteroatoms. The van der Waals surface area contributed by atoms with Crippen LogP contribution in [0.2, 0.25) is 0 Å². The fourth-order valence-electron chi connectivity index (χ4n) is 3.67. The van der Waals surface area contributed by atoms with Crippen molar-refractivity contribution >= 4 is 39.2 Å². The fraction of sp³-hybridized carbons (Fsp3) is 0.667. The number of aryl methyl sites for hydroxylation is 2. The molecular formula is C21H31N3O3S2. The molecule has 0 aliphatic heterocycles. The summed E-state index contributed by atoms with van der Waals surface area (Å²) in [6.07, 6.45) is 7.20. The van der Waals surface area contributed by atoms with Crippen LogP contribution in [0.5, 0.6) is 0 Å². The molecule has 1 unspecified atom stereocenters. The van der Waals surface area contributed by atoms with Crippen LogP contribution in [-0.2, 0) is 22.4 Å². The van der Waals surface area contributed by atoms with Crippen LogP contribution in [0.4, 0.5) is 0 Å². The summed E-state index contributed by atoms with van der Waals surface area (Å²) in [5, 5.41) is 4.37. The van der Waals surface area contributed by atoms with Gasteiger partial charge in [-0.2, -0.15) is 0 Å². The molecule has 160 valence electrons. The summed E-state index contributed by atoms with van der Waals surface area (Å²) in [5.41, 5.74) is 1.29. The minimum atomic E-state index is -0.0434. The number of carbonyl (C=O) groups excluding carboxylic acids is 1. The summed E-state index contributed by atoms with van der Waals surface area (Å²) in [5.74, 6) is 0.213. The molecule has 29 heavy (non-hydrogen) atoms. The van der Waals surface area contributed by atoms with Crippen molar-refractivity contribution in [3.63, 3.8) is 0 Å². The number of hydrogen-bond acceptors (Lipinski definition) is 6. The van der Waals surface area contributed by atoms with Crippen LogP contribution in [0.3, 0.4) is 0 Å². The molecule has 1 atom stereocenters. The molecule has 1 aliphatic carbocycles. The summed E-state index contributed by atoms with van der Waals surface area (Å²) in [7, 11) is 1.65. The number of nitrogens with one attached hydrogen (secondary N) is 1. The van der Waals surface area contributed by atoms with E-state index in [1.807, 2.05) is 4.57 Å². The number of aromatic nitrogens is 2. The van der Waals surface area contributed by atoms with Gasteiger partial charge < -0.3 is 10.1 Å². The van der Waals surface area contributed by atoms with Gasteiger partial charge in [0.05, 0.1) is 11.1 Å². The van der Waals surface area contributed by atoms with Gasteiger partial charge in [0.15, 0.2) is 5.16 Å². The maximum atomic E-state index is 13.5. The van der Waals surface area contributed by atoms with Crippen LogP contribution < -0.4 is 10.9 Å². The topological polar surface area (TPSA) is 73.2 Å². The quantitative estimate of drug-likeness (QED) is 0.278. The van der Waals surface area contributed by atoms with Crippen LogP contribution in [0.25, 0.3) is 10.2 Å². The maximum absolute atomic E-state index is 13.5. The van der Waals surface area contributed by atoms with Gasteiger partial charge >= 0.3 is 0 Å². The van der Waals surface area contributed by atoms with Crippen molar-refractivity contribution in [1.82, 2.24) is 14.9 Å². The van der Waals surface area contributed by atoms with Crippen LogP contribution in [0.15, 0.2) is 9.95 Å². The van der Waals surface area contributed by atoms with Gasteiger partial charge in [-0.05, 0) is 51.0 Å². The molecule has 0 bridgehead atoms. The summed E-state index contributed by atoms with van der Waals surface area (Å²) in [6.45, 7) is 5.35. The van der Waals surface area contributed by atoms with Crippen molar-refractivity contribution in [3.05, 3.63) is 20.8 Å². The van der Waals surface area contributed by atoms with Crippen molar-refractivity contribution in [2.24, 2.45) is 0 Å². The van der Waals surface area contributed by atoms with E-state index in [1.165, 1.54) is 35.0 Å². The standard InChI is InChI=1S/C21H31N3O3S2/c1-4-14(2)24-20(26)18-15-9-6-5-7-10-16(15)29-19(18)23-21(24)28-13-17(25)22-11-8-12-27-3/h14H,4-13H2,1-3H3,(H,22,25). The zero-order valence-electron chi connectivity index (χ0n) is 17.6. The lowest BCUT2D eigenvalue weighted by Gasteiger charge is -2.17. The fourth-order valence-corrected chi connectivity index (χ4v) is 5.90. The lowest BCUT2D eigenvalue weighted by Crippen LogP contribution is -2.29. The summed E-state index contributed by atoms with van der Waals surface area (Å²) >= 11 is 3.03. The molecule has 0 aromatic carbocycles. The van der Waals surface area contributed by atoms with E-state index in [2.05, 4.69) is 19.2 Å². The molecule has 1 amide bonds. The van der Waals surface area contributed by atoms with E-state index < -0.39 is 0 Å². The molecule has 0 saturated heterocycles. The molecule has 3 rings (SSSR count). The second-order valence-electron chi connectivity index (χ2n) is 7.56. The SMILES string of the molecule is CCC(C)n1c(SCC(=O)NCCCOC)nc2sc3c(c2c1=O)CCCCC3. The van der Waals surface area contributed by atoms with Gasteiger partial charge in [-0.25, -0.2) is 4.98 Å². The van der Waals surface area contributed by atoms with Gasteiger partial charge in [-0.15, -0.1) is 11.3 Å². The van der Waals surface area contributed by atoms with Gasteiger partial charge in [-0.1, -0.05) is 25.1 Å². The Hall–Kier alpha value is -1.38. The molecular weight excluding hydrogens is 406 g/mol. The van der Waals surface area contributed by atoms with Gasteiger partial charge in [-0.3, -0.25) is 14.2 Å². The molecule has 1 N–H and O–H groups in total. The lowest BCUT2D eigenvalue weighted by atomic mass is 10.1. The third-order valence-electron chi connectivity index (χ3n) is 5.45. The number of amides is 1. The predicted molar refractivity (Wildman–Crippen MR) is 120 cm³/mol. The third kappa shape index (κ3) is 5.22. The highest BCUT2D eigenvalue weighted by atomic mass is 32.2. The van der Waals surface area contributed by atoms with Gasteiger partial charge in [0.1, 0.15) is 4.83 Å². The van der Waals surface area contributed by atoms with Crippen LogP contribution in [0, 0.1) is 0 Å². The van der Waals surface area contributed by atoms with E-state index in [0.29, 0.717) is 18.3 Å². The molecule has 2 aromatic rings. The van der Waals surface area contributed by atoms with Crippen LogP contribution in [-0.4, -0.2) is 41.5 Å². The highest BCUT2D eigenvalue weighted by molar-refractivity contribution is 7.99. The minimum absolute atomic E-state index is 0.0434. The highest BCUT2D eigenvalue weighted by Gasteiger charge is 2.23. The first kappa shape index (κ1) is 22.3. The van der Waals surface area contributed by atoms with Gasteiger partial charge in [0.2, 0.25) is 5.91 Å². The average Bonchev–Trinajstić information content (AvgIpc) is 2.90. The number of carbonyl (C=O) groups is 1. The number of nitrogens with zero attached hydrogens (tertiary/aromatic N) is 2. The van der Waals surface area contributed by atoms with Crippen molar-refractivity contribution in [2.45, 2.75) is 70.0 Å². The molecule has 2 aromatic heterocycles. The number of ether oxygens (including phenoxy) is 1. The number of rotatable bonds is 9. The van der Waals surface area contributed by atoms with Crippen molar-refractivity contribution < 1.29 is 9.53 Å². The van der Waals surface area contributed by atoms with Gasteiger partial charge in [0.25, 0.3) is 5.56 Å². The Morgan fingerprint density at radius 3 is 2.90 bits per heavy atom. The molecule has 0 radical (unpaired) electrons. The molecule has 0 saturated carbocycles. The molecule has 6 nitrogen and oxygen atoms in total. The Morgan fingerprint density at radius 1 is 1.34 bits per heavy atom. The van der Waals surface area contributed by atoms with E-state index in [1.54, 1.807) is 18.4 Å². The predicted octanol–water partition coefficient (Wildman–Crippen LogP) is 3.94. The van der Waals surface area contributed by atoms with E-state index in [9.17, 15) is 9.59 Å². The maximum Gasteiger partial charge on any atom is 0.263 e. The summed E-state index contributed by atoms with van der Waals surface area (Å²) < 4.78 is 6.81. The Kier molecular flexibility index (Phi) is 8.15. The second kappa shape index (κ2) is 10.6. The first-order valence-corrected chi connectivity index (χ1v) is 12.3. The Labute approximate surface area is 180 Å². The van der Waals surface area contributed by atoms with E-state index >= 15 is 0 Å². The monoisotopic (exact) mass is 437 g/mol. The normalized spacial score (nSPS) is 15.1. The lowest BCUT2D eigenvalue weighted by molar-refractivity contribution is -0.118. The second-order valence-corrected chi connectivity index (χ2v) is 9.58. The number of methoxy groups -OCH3 is 1. The minimum Gasteiger partial charge on any atom is -0.385 e. The van der Waals surface area contributed by atoms with Crippen LogP contribution >= 0.6 is 23.1 Å². The molecule has 1 aliphatic rings. The van der Waals surface area contributed by atoms with Gasteiger partial charge in [0, 0.05) is 31.2 Å². The van der Waals surface area contributed by atoms with Crippen molar-refractivity contribution in [2.75, 3.05) is 26.0 Å². The van der Waals surface area contributed by atoms with Crippen molar-refractivity contribution in [3.8, 4) is 0 Å². The van der Waals surface area contributed by atoms with E-state index in [4.69, 9.17) is 9.72 Å². The zero-order valence-corrected chi connectivity index (χ0v) is 19.2. The Bertz CT molecular complexity index is 907. The zero-order chi connectivity index (χ0) is 20.8. The number of fused-ring (bicyclic) bond motifs is 3. The van der Waals surface area contributed by atoms with E-state index in [-0.39, 0.29) is 23.3 Å². The Morgan fingerprint density at radius 2 is 2.14 bits per heavy atom. The average molecular weight is 438 g/mol. The molecule has 2 heterocycles. The highest BCUT2D eigenvalue weighted by Crippen LogP contribution is 2.34. The number of thioether (sulfide) groups is 1. The molecule has 0 spiro atoms. The van der Waals surface area contributed by atoms with Crippen molar-refractivity contribution in [1.29, 1.82) is 0 Å². The Balaban J connectivity index is 1.88. The first-order valence-electron chi connectivity index (χ1n) is 10.5. The van der Waals surface area contributed by atoms with Crippen LogP contribution in [0.1, 0.15) is 62.4 Å². The third-order valence-corrected chi connectivity index (χ3v) is 7.59. The summed E-state index contributed by atoms with van der Waals surface area (Å²) in [6, 6.07) is 0.0491.